The van der Waals surface area contributed by atoms with Crippen molar-refractivity contribution < 1.29 is 14.3 Å². The summed E-state index contributed by atoms with van der Waals surface area (Å²) in [4.78, 5) is 28.2. The molecule has 2 unspecified atom stereocenters. The predicted octanol–water partition coefficient (Wildman–Crippen LogP) is -0.332. The van der Waals surface area contributed by atoms with E-state index in [1.165, 1.54) is 6.20 Å². The van der Waals surface area contributed by atoms with Gasteiger partial charge in [-0.3, -0.25) is 9.78 Å². The van der Waals surface area contributed by atoms with Crippen LogP contribution < -0.4 is 16.0 Å². The molecule has 2 aliphatic rings. The van der Waals surface area contributed by atoms with E-state index in [4.69, 9.17) is 10.5 Å². The number of nitrogens with zero attached hydrogens (tertiary/aromatic N) is 2. The van der Waals surface area contributed by atoms with E-state index in [9.17, 15) is 9.59 Å². The van der Waals surface area contributed by atoms with E-state index in [-0.39, 0.29) is 23.9 Å². The highest BCUT2D eigenvalue weighted by Gasteiger charge is 2.38. The Labute approximate surface area is 109 Å². The molecule has 0 aromatic carbocycles. The summed E-state index contributed by atoms with van der Waals surface area (Å²) < 4.78 is 5.14. The second-order valence-corrected chi connectivity index (χ2v) is 4.60. The molecule has 3 rings (SSSR count). The predicted molar refractivity (Wildman–Crippen MR) is 65.6 cm³/mol. The van der Waals surface area contributed by atoms with Gasteiger partial charge in [-0.2, -0.15) is 0 Å². The number of fused-ring (bicyclic) bond motifs is 1. The maximum atomic E-state index is 11.2. The third-order valence-electron chi connectivity index (χ3n) is 3.37. The van der Waals surface area contributed by atoms with Crippen molar-refractivity contribution in [2.75, 3.05) is 18.0 Å². The molecule has 2 atom stereocenters. The molecule has 0 bridgehead atoms. The van der Waals surface area contributed by atoms with Crippen molar-refractivity contribution in [2.24, 2.45) is 5.73 Å². The Morgan fingerprint density at radius 2 is 2.47 bits per heavy atom. The standard InChI is InChI=1S/C12H13N4O3/c13-11(17)8-5-7(1-3-14-8)16-4-2-10-9(6-16)15-12(18)19-10/h1,3,9-10H,2,4,6H2,(H2,13,17)(H,15,18). The Morgan fingerprint density at radius 3 is 3.26 bits per heavy atom. The molecule has 99 valence electrons. The van der Waals surface area contributed by atoms with Crippen molar-refractivity contribution in [1.82, 2.24) is 10.3 Å². The molecule has 2 fully saturated rings. The van der Waals surface area contributed by atoms with Crippen molar-refractivity contribution in [3.63, 3.8) is 0 Å². The summed E-state index contributed by atoms with van der Waals surface area (Å²) in [6.45, 7) is 1.35. The number of pyridine rings is 1. The third kappa shape index (κ3) is 2.18. The molecule has 0 saturated carbocycles. The Bertz CT molecular complexity index is 533. The van der Waals surface area contributed by atoms with E-state index in [1.54, 1.807) is 6.07 Å². The van der Waals surface area contributed by atoms with Gasteiger partial charge in [0, 0.05) is 37.5 Å². The van der Waals surface area contributed by atoms with Crippen LogP contribution in [0.2, 0.25) is 0 Å². The third-order valence-corrected chi connectivity index (χ3v) is 3.37. The summed E-state index contributed by atoms with van der Waals surface area (Å²) in [6.07, 6.45) is 1.84. The Hall–Kier alpha value is -2.31. The highest BCUT2D eigenvalue weighted by atomic mass is 16.6. The van der Waals surface area contributed by atoms with Crippen LogP contribution in [0.25, 0.3) is 0 Å². The number of ether oxygens (including phenoxy) is 1. The number of rotatable bonds is 2. The van der Waals surface area contributed by atoms with E-state index in [0.717, 1.165) is 18.7 Å². The minimum atomic E-state index is -0.603. The quantitative estimate of drug-likeness (QED) is 0.759. The first-order valence-corrected chi connectivity index (χ1v) is 6.04. The number of hydrogen-bond acceptors (Lipinski definition) is 5. The van der Waals surface area contributed by atoms with Crippen LogP contribution in [0, 0.1) is 6.07 Å². The number of anilines is 1. The molecule has 19 heavy (non-hydrogen) atoms. The lowest BCUT2D eigenvalue weighted by Gasteiger charge is -2.34. The van der Waals surface area contributed by atoms with Crippen molar-refractivity contribution in [1.29, 1.82) is 0 Å². The zero-order valence-electron chi connectivity index (χ0n) is 10.1. The van der Waals surface area contributed by atoms with Crippen LogP contribution in [0.3, 0.4) is 0 Å². The van der Waals surface area contributed by atoms with E-state index >= 15 is 0 Å². The topological polar surface area (TPSA) is 97.5 Å². The van der Waals surface area contributed by atoms with Crippen LogP contribution in [0.15, 0.2) is 12.3 Å². The minimum Gasteiger partial charge on any atom is -0.444 e. The van der Waals surface area contributed by atoms with Gasteiger partial charge >= 0.3 is 6.09 Å². The van der Waals surface area contributed by atoms with Gasteiger partial charge in [0.25, 0.3) is 5.91 Å². The van der Waals surface area contributed by atoms with Gasteiger partial charge in [-0.15, -0.1) is 0 Å². The molecular formula is C12H13N4O3. The SMILES string of the molecule is NC(=O)c1[c]c(N2CCC3OC(=O)NC3C2)ccn1. The molecule has 0 aliphatic carbocycles. The van der Waals surface area contributed by atoms with Gasteiger partial charge in [0.1, 0.15) is 11.8 Å². The summed E-state index contributed by atoms with van der Waals surface area (Å²) in [6, 6.07) is 4.63. The van der Waals surface area contributed by atoms with Crippen molar-refractivity contribution in [2.45, 2.75) is 18.6 Å². The molecule has 1 aromatic heterocycles. The number of carbonyl (C=O) groups is 2. The summed E-state index contributed by atoms with van der Waals surface area (Å²) in [5, 5.41) is 2.77. The van der Waals surface area contributed by atoms with Crippen molar-refractivity contribution in [3.8, 4) is 0 Å². The van der Waals surface area contributed by atoms with Crippen LogP contribution in [-0.2, 0) is 4.74 Å². The molecule has 3 N–H and O–H groups in total. The van der Waals surface area contributed by atoms with E-state index < -0.39 is 5.91 Å². The van der Waals surface area contributed by atoms with Crippen LogP contribution in [-0.4, -0.2) is 42.2 Å². The van der Waals surface area contributed by atoms with Gasteiger partial charge in [-0.1, -0.05) is 0 Å². The average Bonchev–Trinajstić information content (AvgIpc) is 2.77. The average molecular weight is 261 g/mol. The largest absolute Gasteiger partial charge is 0.444 e. The number of aromatic nitrogens is 1. The van der Waals surface area contributed by atoms with Crippen LogP contribution in [0.1, 0.15) is 16.9 Å². The van der Waals surface area contributed by atoms with Crippen molar-refractivity contribution in [3.05, 3.63) is 24.0 Å². The molecule has 1 aromatic rings. The molecule has 7 nitrogen and oxygen atoms in total. The van der Waals surface area contributed by atoms with E-state index in [1.807, 2.05) is 4.90 Å². The monoisotopic (exact) mass is 261 g/mol. The smallest absolute Gasteiger partial charge is 0.407 e. The zero-order valence-corrected chi connectivity index (χ0v) is 10.1. The fraction of sp³-hybridized carbons (Fsp3) is 0.417. The highest BCUT2D eigenvalue weighted by Crippen LogP contribution is 2.24. The zero-order chi connectivity index (χ0) is 13.4. The van der Waals surface area contributed by atoms with E-state index in [2.05, 4.69) is 16.4 Å². The lowest BCUT2D eigenvalue weighted by molar-refractivity contribution is 0.0995. The molecule has 3 heterocycles. The van der Waals surface area contributed by atoms with Crippen molar-refractivity contribution >= 4 is 17.7 Å². The van der Waals surface area contributed by atoms with Gasteiger partial charge in [-0.25, -0.2) is 4.79 Å². The first-order valence-electron chi connectivity index (χ1n) is 6.04. The summed E-state index contributed by atoms with van der Waals surface area (Å²) >= 11 is 0. The van der Waals surface area contributed by atoms with Gasteiger partial charge in [0.2, 0.25) is 0 Å². The lowest BCUT2D eigenvalue weighted by Crippen LogP contribution is -2.49. The normalized spacial score (nSPS) is 25.5. The van der Waals surface area contributed by atoms with Gasteiger partial charge in [0.05, 0.1) is 6.04 Å². The number of nitrogens with two attached hydrogens (primary N) is 1. The first-order chi connectivity index (χ1) is 9.13. The fourth-order valence-electron chi connectivity index (χ4n) is 2.44. The van der Waals surface area contributed by atoms with Gasteiger partial charge in [0.15, 0.2) is 0 Å². The highest BCUT2D eigenvalue weighted by molar-refractivity contribution is 5.91. The number of alkyl carbamates (subject to hydrolysis) is 1. The molecule has 0 spiro atoms. The molecule has 1 radical (unpaired) electrons. The van der Waals surface area contributed by atoms with Crippen LogP contribution >= 0.6 is 0 Å². The second-order valence-electron chi connectivity index (χ2n) is 4.60. The number of hydrogen-bond donors (Lipinski definition) is 2. The Kier molecular flexibility index (Phi) is 2.73. The number of amides is 2. The number of piperidine rings is 1. The first kappa shape index (κ1) is 11.8. The number of primary amides is 1. The van der Waals surface area contributed by atoms with Crippen LogP contribution in [0.5, 0.6) is 0 Å². The summed E-state index contributed by atoms with van der Waals surface area (Å²) in [5.74, 6) is -0.603. The number of carbonyl (C=O) groups excluding carboxylic acids is 2. The van der Waals surface area contributed by atoms with E-state index in [0.29, 0.717) is 6.54 Å². The Balaban J connectivity index is 1.78. The number of nitrogens with one attached hydrogen (secondary N) is 1. The maximum Gasteiger partial charge on any atom is 0.407 e. The minimum absolute atomic E-state index is 0.0279. The maximum absolute atomic E-state index is 11.2. The molecule has 2 saturated heterocycles. The summed E-state index contributed by atoms with van der Waals surface area (Å²) in [5.41, 5.74) is 6.06. The molecule has 7 heteroatoms. The van der Waals surface area contributed by atoms with Gasteiger partial charge in [-0.05, 0) is 6.07 Å². The Morgan fingerprint density at radius 1 is 1.63 bits per heavy atom. The molecular weight excluding hydrogens is 248 g/mol. The molecule has 2 amide bonds. The molecule has 2 aliphatic heterocycles. The van der Waals surface area contributed by atoms with Gasteiger partial charge < -0.3 is 20.7 Å². The van der Waals surface area contributed by atoms with Crippen LogP contribution in [0.4, 0.5) is 10.5 Å². The summed E-state index contributed by atoms with van der Waals surface area (Å²) in [7, 11) is 0. The lowest BCUT2D eigenvalue weighted by atomic mass is 10.0. The fourth-order valence-corrected chi connectivity index (χ4v) is 2.44. The second kappa shape index (κ2) is 4.42.